The number of benzene rings is 1. The number of hydrogen-bond acceptors (Lipinski definition) is 3. The van der Waals surface area contributed by atoms with Crippen molar-refractivity contribution in [2.24, 2.45) is 5.92 Å². The van der Waals surface area contributed by atoms with Crippen molar-refractivity contribution in [1.29, 1.82) is 0 Å². The van der Waals surface area contributed by atoms with Gasteiger partial charge in [0.1, 0.15) is 5.82 Å². The Morgan fingerprint density at radius 2 is 2.18 bits per heavy atom. The van der Waals surface area contributed by atoms with E-state index in [0.29, 0.717) is 12.3 Å². The van der Waals surface area contributed by atoms with Crippen LogP contribution in [-0.4, -0.2) is 31.4 Å². The van der Waals surface area contributed by atoms with E-state index in [1.807, 2.05) is 0 Å². The van der Waals surface area contributed by atoms with Crippen LogP contribution in [0.2, 0.25) is 0 Å². The highest BCUT2D eigenvalue weighted by atomic mass is 32.2. The molecule has 1 fully saturated rings. The lowest BCUT2D eigenvalue weighted by atomic mass is 10.0. The second kappa shape index (κ2) is 9.85. The first-order valence-corrected chi connectivity index (χ1v) is 9.06. The monoisotopic (exact) mass is 325 g/mol. The van der Waals surface area contributed by atoms with E-state index < -0.39 is 0 Å². The lowest BCUT2D eigenvalue weighted by molar-refractivity contribution is -0.120. The number of ether oxygens (including phenoxy) is 1. The van der Waals surface area contributed by atoms with E-state index >= 15 is 0 Å². The van der Waals surface area contributed by atoms with E-state index in [-0.39, 0.29) is 11.7 Å². The molecule has 1 unspecified atom stereocenters. The van der Waals surface area contributed by atoms with Crippen molar-refractivity contribution in [2.45, 2.75) is 31.4 Å². The van der Waals surface area contributed by atoms with Gasteiger partial charge in [-0.25, -0.2) is 4.39 Å². The first kappa shape index (κ1) is 17.3. The van der Waals surface area contributed by atoms with Crippen LogP contribution in [0.15, 0.2) is 24.3 Å². The van der Waals surface area contributed by atoms with Crippen LogP contribution in [0.4, 0.5) is 4.39 Å². The fourth-order valence-corrected chi connectivity index (χ4v) is 3.36. The Labute approximate surface area is 136 Å². The van der Waals surface area contributed by atoms with Gasteiger partial charge in [-0.2, -0.15) is 11.8 Å². The minimum absolute atomic E-state index is 0.120. The van der Waals surface area contributed by atoms with Gasteiger partial charge in [-0.15, -0.1) is 0 Å². The zero-order chi connectivity index (χ0) is 15.6. The first-order chi connectivity index (χ1) is 10.7. The zero-order valence-electron chi connectivity index (χ0n) is 12.9. The summed E-state index contributed by atoms with van der Waals surface area (Å²) in [6, 6.07) is 6.51. The first-order valence-electron chi connectivity index (χ1n) is 7.90. The average molecular weight is 325 g/mol. The number of amides is 1. The average Bonchev–Trinajstić information content (AvgIpc) is 3.03. The molecule has 1 aliphatic rings. The van der Waals surface area contributed by atoms with Crippen molar-refractivity contribution in [3.05, 3.63) is 35.6 Å². The summed E-state index contributed by atoms with van der Waals surface area (Å²) >= 11 is 1.70. The molecule has 1 atom stereocenters. The Morgan fingerprint density at radius 3 is 2.91 bits per heavy atom. The lowest BCUT2D eigenvalue weighted by Crippen LogP contribution is -2.25. The summed E-state index contributed by atoms with van der Waals surface area (Å²) < 4.78 is 18.1. The summed E-state index contributed by atoms with van der Waals surface area (Å²) in [5.74, 6) is 2.20. The van der Waals surface area contributed by atoms with Crippen LogP contribution in [0.25, 0.3) is 0 Å². The number of hydrogen-bond donors (Lipinski definition) is 1. The number of carbonyl (C=O) groups is 1. The van der Waals surface area contributed by atoms with Gasteiger partial charge in [0.25, 0.3) is 0 Å². The number of nitrogens with one attached hydrogen (secondary N) is 1. The molecule has 0 aliphatic carbocycles. The summed E-state index contributed by atoms with van der Waals surface area (Å²) in [5.41, 5.74) is 1.09. The lowest BCUT2D eigenvalue weighted by Gasteiger charge is -2.08. The maximum absolute atomic E-state index is 12.8. The van der Waals surface area contributed by atoms with Crippen LogP contribution >= 0.6 is 11.8 Å². The Hall–Kier alpha value is -1.07. The molecule has 0 bridgehead atoms. The predicted octanol–water partition coefficient (Wildman–Crippen LogP) is 3.38. The molecule has 122 valence electrons. The van der Waals surface area contributed by atoms with Crippen LogP contribution in [0.5, 0.6) is 0 Å². The fraction of sp³-hybridized carbons (Fsp3) is 0.588. The molecule has 1 saturated heterocycles. The third-order valence-corrected chi connectivity index (χ3v) is 4.82. The molecular formula is C17H24FNO2S. The number of carbonyl (C=O) groups excluding carboxylic acids is 1. The standard InChI is InChI=1S/C17H24FNO2S/c18-16-5-3-15(4-6-16)13-22-11-8-17(20)19-9-1-2-14-7-10-21-12-14/h3-6,14H,1-2,7-13H2,(H,19,20). The highest BCUT2D eigenvalue weighted by molar-refractivity contribution is 7.98. The van der Waals surface area contributed by atoms with Crippen molar-refractivity contribution in [3.63, 3.8) is 0 Å². The molecule has 1 aromatic rings. The van der Waals surface area contributed by atoms with Crippen molar-refractivity contribution < 1.29 is 13.9 Å². The zero-order valence-corrected chi connectivity index (χ0v) is 13.7. The SMILES string of the molecule is O=C(CCSCc1ccc(F)cc1)NCCCC1CCOC1. The summed E-state index contributed by atoms with van der Waals surface area (Å²) in [7, 11) is 0. The molecule has 1 heterocycles. The molecule has 5 heteroatoms. The van der Waals surface area contributed by atoms with Crippen molar-refractivity contribution in [2.75, 3.05) is 25.5 Å². The minimum Gasteiger partial charge on any atom is -0.381 e. The molecule has 22 heavy (non-hydrogen) atoms. The van der Waals surface area contributed by atoms with Gasteiger partial charge >= 0.3 is 0 Å². The van der Waals surface area contributed by atoms with Crippen LogP contribution in [0, 0.1) is 11.7 Å². The summed E-state index contributed by atoms with van der Waals surface area (Å²) in [6.45, 7) is 2.54. The summed E-state index contributed by atoms with van der Waals surface area (Å²) in [4.78, 5) is 11.7. The highest BCUT2D eigenvalue weighted by Gasteiger charge is 2.14. The third kappa shape index (κ3) is 6.79. The maximum atomic E-state index is 12.8. The number of halogens is 1. The molecule has 0 saturated carbocycles. The van der Waals surface area contributed by atoms with Gasteiger partial charge in [0.2, 0.25) is 5.91 Å². The highest BCUT2D eigenvalue weighted by Crippen LogP contribution is 2.17. The van der Waals surface area contributed by atoms with E-state index in [4.69, 9.17) is 4.74 Å². The van der Waals surface area contributed by atoms with Crippen LogP contribution in [-0.2, 0) is 15.3 Å². The topological polar surface area (TPSA) is 38.3 Å². The van der Waals surface area contributed by atoms with Crippen molar-refractivity contribution in [1.82, 2.24) is 5.32 Å². The molecule has 1 N–H and O–H groups in total. The molecule has 2 rings (SSSR count). The van der Waals surface area contributed by atoms with Gasteiger partial charge in [0.05, 0.1) is 0 Å². The van der Waals surface area contributed by atoms with E-state index in [2.05, 4.69) is 5.32 Å². The van der Waals surface area contributed by atoms with Gasteiger partial charge in [-0.3, -0.25) is 4.79 Å². The Bertz CT molecular complexity index is 446. The minimum atomic E-state index is -0.211. The molecule has 0 spiro atoms. The fourth-order valence-electron chi connectivity index (χ4n) is 2.45. The van der Waals surface area contributed by atoms with Crippen LogP contribution < -0.4 is 5.32 Å². The van der Waals surface area contributed by atoms with E-state index in [1.54, 1.807) is 23.9 Å². The van der Waals surface area contributed by atoms with Crippen molar-refractivity contribution >= 4 is 17.7 Å². The van der Waals surface area contributed by atoms with E-state index in [9.17, 15) is 9.18 Å². The van der Waals surface area contributed by atoms with Crippen LogP contribution in [0.1, 0.15) is 31.2 Å². The maximum Gasteiger partial charge on any atom is 0.220 e. The summed E-state index contributed by atoms with van der Waals surface area (Å²) in [6.07, 6.45) is 3.87. The molecule has 1 aliphatic heterocycles. The second-order valence-corrected chi connectivity index (χ2v) is 6.76. The summed E-state index contributed by atoms with van der Waals surface area (Å²) in [5, 5.41) is 2.97. The van der Waals surface area contributed by atoms with Gasteiger partial charge in [0, 0.05) is 37.7 Å². The molecule has 1 amide bonds. The predicted molar refractivity (Wildman–Crippen MR) is 88.3 cm³/mol. The van der Waals surface area contributed by atoms with Crippen LogP contribution in [0.3, 0.4) is 0 Å². The van der Waals surface area contributed by atoms with Crippen molar-refractivity contribution in [3.8, 4) is 0 Å². The van der Waals surface area contributed by atoms with Gasteiger partial charge in [-0.05, 0) is 42.9 Å². The molecule has 0 radical (unpaired) electrons. The number of rotatable bonds is 9. The smallest absolute Gasteiger partial charge is 0.220 e. The second-order valence-electron chi connectivity index (χ2n) is 5.65. The van der Waals surface area contributed by atoms with E-state index in [1.165, 1.54) is 12.1 Å². The normalized spacial score (nSPS) is 17.6. The quantitative estimate of drug-likeness (QED) is 0.707. The molecular weight excluding hydrogens is 301 g/mol. The Morgan fingerprint density at radius 1 is 1.36 bits per heavy atom. The molecule has 0 aromatic heterocycles. The van der Waals surface area contributed by atoms with Gasteiger partial charge in [-0.1, -0.05) is 12.1 Å². The van der Waals surface area contributed by atoms with Gasteiger partial charge in [0.15, 0.2) is 0 Å². The Kier molecular flexibility index (Phi) is 7.74. The van der Waals surface area contributed by atoms with Gasteiger partial charge < -0.3 is 10.1 Å². The number of thioether (sulfide) groups is 1. The Balaban J connectivity index is 1.46. The third-order valence-electron chi connectivity index (χ3n) is 3.79. The molecule has 1 aromatic carbocycles. The molecule has 3 nitrogen and oxygen atoms in total. The van der Waals surface area contributed by atoms with E-state index in [0.717, 1.165) is 56.1 Å². The largest absolute Gasteiger partial charge is 0.381 e.